The van der Waals surface area contributed by atoms with Gasteiger partial charge < -0.3 is 15.3 Å². The maximum Gasteiger partial charge on any atom is 0.326 e. The lowest BCUT2D eigenvalue weighted by molar-refractivity contribution is -0.144. The number of rotatable bonds is 9. The number of amides is 2. The van der Waals surface area contributed by atoms with Crippen molar-refractivity contribution in [2.75, 3.05) is 6.54 Å². The van der Waals surface area contributed by atoms with E-state index in [1.165, 1.54) is 0 Å². The third-order valence-electron chi connectivity index (χ3n) is 5.62. The number of aliphatic carboxylic acids is 1. The average Bonchev–Trinajstić information content (AvgIpc) is 3.10. The minimum atomic E-state index is -1.05. The molecule has 0 spiro atoms. The molecule has 1 aromatic rings. The zero-order valence-electron chi connectivity index (χ0n) is 18.2. The number of carbonyl (C=O) groups excluding carboxylic acids is 2. The van der Waals surface area contributed by atoms with Gasteiger partial charge >= 0.3 is 5.97 Å². The number of thiol groups is 1. The monoisotopic (exact) mass is 434 g/mol. The molecule has 1 aliphatic heterocycles. The number of hydrogen-bond acceptors (Lipinski definition) is 4. The van der Waals surface area contributed by atoms with Crippen molar-refractivity contribution in [2.24, 2.45) is 17.8 Å². The summed E-state index contributed by atoms with van der Waals surface area (Å²) in [7, 11) is 0. The van der Waals surface area contributed by atoms with Crippen molar-refractivity contribution in [1.82, 2.24) is 10.2 Å². The van der Waals surface area contributed by atoms with E-state index in [1.54, 1.807) is 4.90 Å². The van der Waals surface area contributed by atoms with Crippen LogP contribution in [-0.4, -0.2) is 51.7 Å². The molecular formula is C23H34N2O4S. The molecule has 1 aliphatic rings. The maximum atomic E-state index is 13.3. The molecule has 0 saturated carbocycles. The number of nitrogens with zero attached hydrogens (tertiary/aromatic N) is 1. The van der Waals surface area contributed by atoms with E-state index in [1.807, 2.05) is 58.0 Å². The quantitative estimate of drug-likeness (QED) is 0.522. The van der Waals surface area contributed by atoms with Crippen molar-refractivity contribution in [1.29, 1.82) is 0 Å². The van der Waals surface area contributed by atoms with Crippen LogP contribution in [0, 0.1) is 17.8 Å². The molecule has 1 fully saturated rings. The van der Waals surface area contributed by atoms with E-state index < -0.39 is 23.3 Å². The minimum absolute atomic E-state index is 0.0328. The van der Waals surface area contributed by atoms with Crippen LogP contribution in [0.3, 0.4) is 0 Å². The molecule has 0 bridgehead atoms. The summed E-state index contributed by atoms with van der Waals surface area (Å²) in [5, 5.41) is 11.7. The highest BCUT2D eigenvalue weighted by Gasteiger charge is 2.44. The molecule has 1 aromatic carbocycles. The van der Waals surface area contributed by atoms with E-state index >= 15 is 0 Å². The van der Waals surface area contributed by atoms with E-state index in [9.17, 15) is 19.5 Å². The van der Waals surface area contributed by atoms with Gasteiger partial charge in [-0.2, -0.15) is 12.6 Å². The van der Waals surface area contributed by atoms with Crippen molar-refractivity contribution in [3.05, 3.63) is 35.9 Å². The molecule has 1 saturated heterocycles. The fraction of sp³-hybridized carbons (Fsp3) is 0.609. The number of carboxylic acids is 1. The Balaban J connectivity index is 2.27. The SMILES string of the molecule is CC(C)CC(NC(=O)C1C(Cc2ccccc2)CCN1C(=O)C(S)C(C)C)C(=O)O. The Morgan fingerprint density at radius 3 is 2.33 bits per heavy atom. The minimum Gasteiger partial charge on any atom is -0.480 e. The molecule has 6 nitrogen and oxygen atoms in total. The van der Waals surface area contributed by atoms with Crippen LogP contribution in [0.4, 0.5) is 0 Å². The van der Waals surface area contributed by atoms with Gasteiger partial charge in [0.2, 0.25) is 11.8 Å². The first kappa shape index (κ1) is 24.3. The van der Waals surface area contributed by atoms with Gasteiger partial charge in [0.15, 0.2) is 0 Å². The van der Waals surface area contributed by atoms with Crippen molar-refractivity contribution in [2.45, 2.75) is 64.3 Å². The second-order valence-corrected chi connectivity index (χ2v) is 9.49. The van der Waals surface area contributed by atoms with Gasteiger partial charge in [-0.1, -0.05) is 58.0 Å². The van der Waals surface area contributed by atoms with Gasteiger partial charge in [-0.3, -0.25) is 9.59 Å². The predicted molar refractivity (Wildman–Crippen MR) is 120 cm³/mol. The van der Waals surface area contributed by atoms with Crippen LogP contribution in [0.2, 0.25) is 0 Å². The lowest BCUT2D eigenvalue weighted by atomic mass is 9.91. The first-order valence-corrected chi connectivity index (χ1v) is 11.2. The summed E-state index contributed by atoms with van der Waals surface area (Å²) in [6.07, 6.45) is 1.69. The van der Waals surface area contributed by atoms with Crippen LogP contribution < -0.4 is 5.32 Å². The molecule has 30 heavy (non-hydrogen) atoms. The number of benzene rings is 1. The second kappa shape index (κ2) is 10.8. The van der Waals surface area contributed by atoms with Gasteiger partial charge in [0.25, 0.3) is 0 Å². The number of likely N-dealkylation sites (tertiary alicyclic amines) is 1. The van der Waals surface area contributed by atoms with Crippen LogP contribution >= 0.6 is 12.6 Å². The van der Waals surface area contributed by atoms with Gasteiger partial charge in [-0.25, -0.2) is 4.79 Å². The maximum absolute atomic E-state index is 13.3. The van der Waals surface area contributed by atoms with Crippen LogP contribution in [0.5, 0.6) is 0 Å². The predicted octanol–water partition coefficient (Wildman–Crippen LogP) is 3.02. The fourth-order valence-electron chi connectivity index (χ4n) is 3.99. The van der Waals surface area contributed by atoms with E-state index in [0.717, 1.165) is 5.56 Å². The zero-order valence-corrected chi connectivity index (χ0v) is 19.1. The summed E-state index contributed by atoms with van der Waals surface area (Å²) in [6, 6.07) is 8.20. The summed E-state index contributed by atoms with van der Waals surface area (Å²) in [4.78, 5) is 39.6. The molecule has 0 aliphatic carbocycles. The van der Waals surface area contributed by atoms with Gasteiger partial charge in [0.1, 0.15) is 12.1 Å². The van der Waals surface area contributed by atoms with Crippen molar-refractivity contribution in [3.63, 3.8) is 0 Å². The standard InChI is InChI=1S/C23H34N2O4S/c1-14(2)12-18(23(28)29)24-21(26)19-17(13-16-8-6-5-7-9-16)10-11-25(19)22(27)20(30)15(3)4/h5-9,14-15,17-20,30H,10-13H2,1-4H3,(H,24,26)(H,28,29). The van der Waals surface area contributed by atoms with Crippen LogP contribution in [0.25, 0.3) is 0 Å². The smallest absolute Gasteiger partial charge is 0.326 e. The van der Waals surface area contributed by atoms with Crippen molar-refractivity contribution >= 4 is 30.4 Å². The number of hydrogen-bond donors (Lipinski definition) is 3. The van der Waals surface area contributed by atoms with Gasteiger partial charge in [0, 0.05) is 6.54 Å². The lowest BCUT2D eigenvalue weighted by Crippen LogP contribution is -2.54. The molecule has 2 N–H and O–H groups in total. The van der Waals surface area contributed by atoms with E-state index in [-0.39, 0.29) is 29.6 Å². The highest BCUT2D eigenvalue weighted by Crippen LogP contribution is 2.30. The highest BCUT2D eigenvalue weighted by molar-refractivity contribution is 7.81. The Labute approximate surface area is 184 Å². The normalized spacial score (nSPS) is 21.0. The Bertz CT molecular complexity index is 738. The molecule has 4 atom stereocenters. The molecule has 166 valence electrons. The van der Waals surface area contributed by atoms with Crippen LogP contribution in [-0.2, 0) is 20.8 Å². The number of carbonyl (C=O) groups is 3. The molecule has 0 radical (unpaired) electrons. The first-order chi connectivity index (χ1) is 14.1. The Hall–Kier alpha value is -2.02. The van der Waals surface area contributed by atoms with E-state index in [0.29, 0.717) is 25.8 Å². The van der Waals surface area contributed by atoms with Crippen molar-refractivity contribution in [3.8, 4) is 0 Å². The zero-order chi connectivity index (χ0) is 22.4. The van der Waals surface area contributed by atoms with Gasteiger partial charge in [-0.05, 0) is 42.6 Å². The second-order valence-electron chi connectivity index (χ2n) is 8.93. The summed E-state index contributed by atoms with van der Waals surface area (Å²) in [6.45, 7) is 8.15. The summed E-state index contributed by atoms with van der Waals surface area (Å²) in [5.74, 6) is -1.53. The highest BCUT2D eigenvalue weighted by atomic mass is 32.1. The third-order valence-corrected chi connectivity index (χ3v) is 6.44. The Kier molecular flexibility index (Phi) is 8.77. The summed E-state index contributed by atoms with van der Waals surface area (Å²) in [5.41, 5.74) is 1.10. The van der Waals surface area contributed by atoms with Crippen LogP contribution in [0.15, 0.2) is 30.3 Å². The Morgan fingerprint density at radius 2 is 1.80 bits per heavy atom. The van der Waals surface area contributed by atoms with Gasteiger partial charge in [0.05, 0.1) is 5.25 Å². The Morgan fingerprint density at radius 1 is 1.17 bits per heavy atom. The molecule has 2 rings (SSSR count). The summed E-state index contributed by atoms with van der Waals surface area (Å²) < 4.78 is 0. The summed E-state index contributed by atoms with van der Waals surface area (Å²) >= 11 is 4.46. The number of nitrogens with one attached hydrogen (secondary N) is 1. The lowest BCUT2D eigenvalue weighted by Gasteiger charge is -2.31. The first-order valence-electron chi connectivity index (χ1n) is 10.7. The molecule has 2 amide bonds. The topological polar surface area (TPSA) is 86.7 Å². The van der Waals surface area contributed by atoms with E-state index in [2.05, 4.69) is 17.9 Å². The molecule has 4 unspecified atom stereocenters. The molecule has 7 heteroatoms. The largest absolute Gasteiger partial charge is 0.480 e. The molecular weight excluding hydrogens is 400 g/mol. The molecule has 0 aromatic heterocycles. The fourth-order valence-corrected chi connectivity index (χ4v) is 4.14. The molecule has 1 heterocycles. The number of carboxylic acid groups (broad SMARTS) is 1. The van der Waals surface area contributed by atoms with Gasteiger partial charge in [-0.15, -0.1) is 0 Å². The van der Waals surface area contributed by atoms with E-state index in [4.69, 9.17) is 0 Å². The average molecular weight is 435 g/mol. The third kappa shape index (κ3) is 6.24. The van der Waals surface area contributed by atoms with Crippen molar-refractivity contribution < 1.29 is 19.5 Å². The van der Waals surface area contributed by atoms with Crippen LogP contribution in [0.1, 0.15) is 46.1 Å².